The van der Waals surface area contributed by atoms with Gasteiger partial charge >= 0.3 is 6.09 Å². The van der Waals surface area contributed by atoms with Crippen molar-refractivity contribution in [1.82, 2.24) is 19.9 Å². The lowest BCUT2D eigenvalue weighted by Gasteiger charge is -2.24. The van der Waals surface area contributed by atoms with Gasteiger partial charge in [0.25, 0.3) is 0 Å². The number of ether oxygens (including phenoxy) is 1. The highest BCUT2D eigenvalue weighted by Gasteiger charge is 2.19. The fraction of sp³-hybridized carbons (Fsp3) is 0.727. The van der Waals surface area contributed by atoms with Crippen molar-refractivity contribution in [3.63, 3.8) is 0 Å². The molecule has 1 aromatic heterocycles. The van der Waals surface area contributed by atoms with Crippen molar-refractivity contribution in [2.45, 2.75) is 39.5 Å². The second-order valence-electron chi connectivity index (χ2n) is 5.03. The molecule has 0 radical (unpaired) electrons. The molecule has 0 aromatic carbocycles. The summed E-state index contributed by atoms with van der Waals surface area (Å²) in [6, 6.07) is 0. The Balaban J connectivity index is 2.41. The minimum absolute atomic E-state index is 0.137. The van der Waals surface area contributed by atoms with E-state index in [1.807, 2.05) is 20.8 Å². The fourth-order valence-corrected chi connectivity index (χ4v) is 1.20. The first kappa shape index (κ1) is 14.4. The maximum atomic E-state index is 11.7. The molecule has 1 amide bonds. The summed E-state index contributed by atoms with van der Waals surface area (Å²) >= 11 is 0. The molecule has 0 spiro atoms. The van der Waals surface area contributed by atoms with Crippen molar-refractivity contribution in [3.8, 4) is 0 Å². The Morgan fingerprint density at radius 3 is 2.72 bits per heavy atom. The van der Waals surface area contributed by atoms with Gasteiger partial charge < -0.3 is 14.7 Å². The molecule has 0 atom stereocenters. The molecule has 0 fully saturated rings. The van der Waals surface area contributed by atoms with Gasteiger partial charge in [-0.2, -0.15) is 0 Å². The molecule has 1 heterocycles. The summed E-state index contributed by atoms with van der Waals surface area (Å²) in [7, 11) is 1.66. The van der Waals surface area contributed by atoms with Crippen LogP contribution in [-0.4, -0.2) is 50.3 Å². The van der Waals surface area contributed by atoms with E-state index in [1.54, 1.807) is 17.9 Å². The second-order valence-corrected chi connectivity index (χ2v) is 5.03. The van der Waals surface area contributed by atoms with Crippen LogP contribution in [0.1, 0.15) is 26.5 Å². The van der Waals surface area contributed by atoms with Gasteiger partial charge in [-0.25, -0.2) is 4.79 Å². The molecule has 0 saturated heterocycles. The van der Waals surface area contributed by atoms with Gasteiger partial charge in [-0.15, -0.1) is 5.10 Å². The number of rotatable bonds is 4. The van der Waals surface area contributed by atoms with E-state index in [0.29, 0.717) is 18.8 Å². The maximum Gasteiger partial charge on any atom is 0.410 e. The lowest BCUT2D eigenvalue weighted by atomic mass is 10.2. The first-order valence-electron chi connectivity index (χ1n) is 5.76. The quantitative estimate of drug-likeness (QED) is 0.855. The number of hydrogen-bond donors (Lipinski definition) is 1. The number of carbonyl (C=O) groups excluding carboxylic acids is 1. The molecule has 0 bridgehead atoms. The van der Waals surface area contributed by atoms with Gasteiger partial charge in [-0.1, -0.05) is 5.21 Å². The number of amides is 1. The van der Waals surface area contributed by atoms with Crippen LogP contribution in [0.4, 0.5) is 4.79 Å². The van der Waals surface area contributed by atoms with Gasteiger partial charge in [0, 0.05) is 13.6 Å². The number of hydrogen-bond acceptors (Lipinski definition) is 5. The Bertz CT molecular complexity index is 397. The third-order valence-electron chi connectivity index (χ3n) is 2.12. The van der Waals surface area contributed by atoms with Crippen molar-refractivity contribution in [2.24, 2.45) is 0 Å². The average molecular weight is 256 g/mol. The van der Waals surface area contributed by atoms with E-state index in [2.05, 4.69) is 10.3 Å². The van der Waals surface area contributed by atoms with Crippen LogP contribution in [-0.2, 0) is 17.9 Å². The second kappa shape index (κ2) is 5.81. The Morgan fingerprint density at radius 1 is 1.56 bits per heavy atom. The highest BCUT2D eigenvalue weighted by atomic mass is 16.6. The van der Waals surface area contributed by atoms with E-state index in [0.717, 1.165) is 0 Å². The molecule has 7 nitrogen and oxygen atoms in total. The summed E-state index contributed by atoms with van der Waals surface area (Å²) in [5.41, 5.74) is 0.0118. The number of nitrogens with zero attached hydrogens (tertiary/aromatic N) is 4. The SMILES string of the molecule is CN(CCn1cc(CO)nn1)C(=O)OC(C)(C)C. The number of carbonyl (C=O) groups is 1. The van der Waals surface area contributed by atoms with Crippen LogP contribution in [0.15, 0.2) is 6.20 Å². The Labute approximate surface area is 106 Å². The van der Waals surface area contributed by atoms with Crippen LogP contribution in [0.3, 0.4) is 0 Å². The molecule has 0 saturated carbocycles. The molecule has 1 rings (SSSR count). The minimum atomic E-state index is -0.497. The molecule has 1 N–H and O–H groups in total. The molecule has 0 unspecified atom stereocenters. The van der Waals surface area contributed by atoms with Crippen molar-refractivity contribution in [2.75, 3.05) is 13.6 Å². The van der Waals surface area contributed by atoms with Crippen LogP contribution in [0.25, 0.3) is 0 Å². The average Bonchev–Trinajstić information content (AvgIpc) is 2.71. The molecular formula is C11H20N4O3. The third-order valence-corrected chi connectivity index (χ3v) is 2.12. The fourth-order valence-electron chi connectivity index (χ4n) is 1.20. The zero-order valence-electron chi connectivity index (χ0n) is 11.3. The molecule has 0 aliphatic rings. The number of aliphatic hydroxyl groups is 1. The number of aromatic nitrogens is 3. The van der Waals surface area contributed by atoms with E-state index < -0.39 is 5.60 Å². The molecule has 0 aliphatic carbocycles. The summed E-state index contributed by atoms with van der Waals surface area (Å²) in [5, 5.41) is 16.4. The molecular weight excluding hydrogens is 236 g/mol. The lowest BCUT2D eigenvalue weighted by molar-refractivity contribution is 0.0292. The first-order chi connectivity index (χ1) is 8.31. The van der Waals surface area contributed by atoms with Gasteiger partial charge in [0.05, 0.1) is 19.3 Å². The zero-order chi connectivity index (χ0) is 13.8. The summed E-state index contributed by atoms with van der Waals surface area (Å²) < 4.78 is 6.79. The maximum absolute atomic E-state index is 11.7. The van der Waals surface area contributed by atoms with Gasteiger partial charge in [-0.3, -0.25) is 4.68 Å². The lowest BCUT2D eigenvalue weighted by Crippen LogP contribution is -2.36. The molecule has 0 aliphatic heterocycles. The highest BCUT2D eigenvalue weighted by molar-refractivity contribution is 5.67. The zero-order valence-corrected chi connectivity index (χ0v) is 11.3. The Hall–Kier alpha value is -1.63. The van der Waals surface area contributed by atoms with E-state index in [-0.39, 0.29) is 12.7 Å². The van der Waals surface area contributed by atoms with Crippen molar-refractivity contribution >= 4 is 6.09 Å². The van der Waals surface area contributed by atoms with Crippen LogP contribution < -0.4 is 0 Å². The van der Waals surface area contributed by atoms with E-state index in [1.165, 1.54) is 4.90 Å². The molecule has 7 heteroatoms. The first-order valence-corrected chi connectivity index (χ1v) is 5.76. The Kier molecular flexibility index (Phi) is 4.66. The molecule has 102 valence electrons. The van der Waals surface area contributed by atoms with Crippen molar-refractivity contribution in [3.05, 3.63) is 11.9 Å². The predicted octanol–water partition coefficient (Wildman–Crippen LogP) is 0.637. The van der Waals surface area contributed by atoms with Gasteiger partial charge in [-0.05, 0) is 20.8 Å². The van der Waals surface area contributed by atoms with Crippen LogP contribution in [0, 0.1) is 0 Å². The number of aliphatic hydroxyl groups excluding tert-OH is 1. The molecule has 18 heavy (non-hydrogen) atoms. The van der Waals surface area contributed by atoms with Crippen LogP contribution >= 0.6 is 0 Å². The monoisotopic (exact) mass is 256 g/mol. The third kappa shape index (κ3) is 4.70. The van der Waals surface area contributed by atoms with Crippen molar-refractivity contribution in [1.29, 1.82) is 0 Å². The van der Waals surface area contributed by atoms with E-state index in [4.69, 9.17) is 9.84 Å². The summed E-state index contributed by atoms with van der Waals surface area (Å²) in [6.07, 6.45) is 1.27. The number of likely N-dealkylation sites (N-methyl/N-ethyl adjacent to an activating group) is 1. The van der Waals surface area contributed by atoms with E-state index in [9.17, 15) is 4.79 Å². The summed E-state index contributed by atoms with van der Waals surface area (Å²) in [6.45, 7) is 6.30. The topological polar surface area (TPSA) is 80.5 Å². The minimum Gasteiger partial charge on any atom is -0.444 e. The molecule has 1 aromatic rings. The largest absolute Gasteiger partial charge is 0.444 e. The van der Waals surface area contributed by atoms with Crippen LogP contribution in [0.5, 0.6) is 0 Å². The smallest absolute Gasteiger partial charge is 0.410 e. The normalized spacial score (nSPS) is 11.4. The van der Waals surface area contributed by atoms with Crippen LogP contribution in [0.2, 0.25) is 0 Å². The van der Waals surface area contributed by atoms with Gasteiger partial charge in [0.2, 0.25) is 0 Å². The van der Waals surface area contributed by atoms with Gasteiger partial charge in [0.15, 0.2) is 0 Å². The summed E-state index contributed by atoms with van der Waals surface area (Å²) in [4.78, 5) is 13.1. The standard InChI is InChI=1S/C11H20N4O3/c1-11(2,3)18-10(17)14(4)5-6-15-7-9(8-16)12-13-15/h7,16H,5-6,8H2,1-4H3. The Morgan fingerprint density at radius 2 is 2.22 bits per heavy atom. The van der Waals surface area contributed by atoms with Crippen molar-refractivity contribution < 1.29 is 14.6 Å². The predicted molar refractivity (Wildman–Crippen MR) is 64.8 cm³/mol. The van der Waals surface area contributed by atoms with Gasteiger partial charge in [0.1, 0.15) is 11.3 Å². The highest BCUT2D eigenvalue weighted by Crippen LogP contribution is 2.08. The van der Waals surface area contributed by atoms with E-state index >= 15 is 0 Å². The summed E-state index contributed by atoms with van der Waals surface area (Å²) in [5.74, 6) is 0.